The van der Waals surface area contributed by atoms with Gasteiger partial charge in [0.1, 0.15) is 5.01 Å². The molecule has 0 saturated heterocycles. The van der Waals surface area contributed by atoms with Gasteiger partial charge in [-0.05, 0) is 25.1 Å². The van der Waals surface area contributed by atoms with Gasteiger partial charge in [-0.1, -0.05) is 12.6 Å². The van der Waals surface area contributed by atoms with E-state index in [2.05, 4.69) is 27.2 Å². The zero-order chi connectivity index (χ0) is 13.3. The predicted octanol–water partition coefficient (Wildman–Crippen LogP) is 2.84. The average molecular weight is 275 g/mol. The van der Waals surface area contributed by atoms with E-state index in [9.17, 15) is 0 Å². The first-order valence-corrected chi connectivity index (χ1v) is 7.07. The molecule has 0 radical (unpaired) electrons. The Morgan fingerprint density at radius 3 is 3.16 bits per heavy atom. The molecule has 0 aliphatic rings. The predicted molar refractivity (Wildman–Crippen MR) is 77.8 cm³/mol. The summed E-state index contributed by atoms with van der Waals surface area (Å²) in [7, 11) is 0. The van der Waals surface area contributed by atoms with Gasteiger partial charge >= 0.3 is 0 Å². The molecule has 0 saturated carbocycles. The molecule has 100 valence electrons. The third-order valence-corrected chi connectivity index (χ3v) is 3.39. The van der Waals surface area contributed by atoms with Crippen molar-refractivity contribution in [3.05, 3.63) is 48.3 Å². The molecule has 0 bridgehead atoms. The largest absolute Gasteiger partial charge is 0.502 e. The molecule has 0 amide bonds. The Balaban J connectivity index is 1.77. The van der Waals surface area contributed by atoms with Crippen molar-refractivity contribution in [2.24, 2.45) is 0 Å². The maximum Gasteiger partial charge on any atom is 0.142 e. The number of hydrogen-bond donors (Lipinski definition) is 1. The minimum Gasteiger partial charge on any atom is -0.502 e. The molecule has 2 aromatic heterocycles. The second kappa shape index (κ2) is 7.66. The van der Waals surface area contributed by atoms with Crippen LogP contribution in [0.2, 0.25) is 0 Å². The third kappa shape index (κ3) is 4.46. The second-order valence-electron chi connectivity index (χ2n) is 3.93. The van der Waals surface area contributed by atoms with Gasteiger partial charge in [0.15, 0.2) is 0 Å². The fourth-order valence-corrected chi connectivity index (χ4v) is 2.37. The summed E-state index contributed by atoms with van der Waals surface area (Å²) < 4.78 is 5.05. The smallest absolute Gasteiger partial charge is 0.142 e. The number of nitrogens with one attached hydrogen (secondary N) is 1. The van der Waals surface area contributed by atoms with E-state index in [4.69, 9.17) is 4.74 Å². The lowest BCUT2D eigenvalue weighted by Gasteiger charge is -2.02. The highest BCUT2D eigenvalue weighted by Gasteiger charge is 2.04. The maximum absolute atomic E-state index is 5.05. The van der Waals surface area contributed by atoms with E-state index in [1.807, 2.05) is 18.2 Å². The SMILES string of the molecule is C=COCCCNCc1csc(-c2ccccn2)n1. The summed E-state index contributed by atoms with van der Waals surface area (Å²) in [4.78, 5) is 8.85. The number of thiazole rings is 1. The first-order valence-electron chi connectivity index (χ1n) is 6.19. The first-order chi connectivity index (χ1) is 9.40. The monoisotopic (exact) mass is 275 g/mol. The molecule has 19 heavy (non-hydrogen) atoms. The summed E-state index contributed by atoms with van der Waals surface area (Å²) in [6, 6.07) is 5.86. The van der Waals surface area contributed by atoms with E-state index >= 15 is 0 Å². The fraction of sp³-hybridized carbons (Fsp3) is 0.286. The van der Waals surface area contributed by atoms with Crippen LogP contribution in [0.15, 0.2) is 42.6 Å². The van der Waals surface area contributed by atoms with Gasteiger partial charge in [-0.3, -0.25) is 4.98 Å². The van der Waals surface area contributed by atoms with Crippen LogP contribution in [0.5, 0.6) is 0 Å². The Kier molecular flexibility index (Phi) is 5.52. The van der Waals surface area contributed by atoms with E-state index in [0.29, 0.717) is 6.61 Å². The van der Waals surface area contributed by atoms with E-state index in [1.165, 1.54) is 6.26 Å². The minimum absolute atomic E-state index is 0.701. The van der Waals surface area contributed by atoms with Crippen LogP contribution in [-0.4, -0.2) is 23.1 Å². The highest BCUT2D eigenvalue weighted by Crippen LogP contribution is 2.20. The second-order valence-corrected chi connectivity index (χ2v) is 4.78. The van der Waals surface area contributed by atoms with E-state index in [1.54, 1.807) is 17.5 Å². The van der Waals surface area contributed by atoms with Crippen molar-refractivity contribution >= 4 is 11.3 Å². The van der Waals surface area contributed by atoms with Gasteiger partial charge in [-0.2, -0.15) is 0 Å². The van der Waals surface area contributed by atoms with E-state index < -0.39 is 0 Å². The molecule has 0 fully saturated rings. The van der Waals surface area contributed by atoms with Crippen LogP contribution in [0.4, 0.5) is 0 Å². The summed E-state index contributed by atoms with van der Waals surface area (Å²) >= 11 is 1.62. The topological polar surface area (TPSA) is 47.0 Å². The van der Waals surface area contributed by atoms with Crippen molar-refractivity contribution in [3.8, 4) is 10.7 Å². The van der Waals surface area contributed by atoms with Crippen LogP contribution in [-0.2, 0) is 11.3 Å². The number of ether oxygens (including phenoxy) is 1. The van der Waals surface area contributed by atoms with Crippen molar-refractivity contribution in [3.63, 3.8) is 0 Å². The lowest BCUT2D eigenvalue weighted by atomic mass is 10.3. The molecule has 0 spiro atoms. The Morgan fingerprint density at radius 2 is 2.37 bits per heavy atom. The average Bonchev–Trinajstić information content (AvgIpc) is 2.92. The molecule has 0 unspecified atom stereocenters. The molecular weight excluding hydrogens is 258 g/mol. The van der Waals surface area contributed by atoms with Crippen LogP contribution in [0, 0.1) is 0 Å². The highest BCUT2D eigenvalue weighted by atomic mass is 32.1. The van der Waals surface area contributed by atoms with Crippen molar-refractivity contribution in [2.75, 3.05) is 13.2 Å². The standard InChI is InChI=1S/C14H17N3OS/c1-2-18-9-5-7-15-10-12-11-19-14(17-12)13-6-3-4-8-16-13/h2-4,6,8,11,15H,1,5,7,9-10H2. The van der Waals surface area contributed by atoms with Crippen LogP contribution in [0.1, 0.15) is 12.1 Å². The van der Waals surface area contributed by atoms with Crippen LogP contribution < -0.4 is 5.32 Å². The number of rotatable bonds is 8. The Bertz CT molecular complexity index is 498. The molecule has 2 aromatic rings. The summed E-state index contributed by atoms with van der Waals surface area (Å²) in [5, 5.41) is 6.37. The lowest BCUT2D eigenvalue weighted by molar-refractivity contribution is 0.244. The Hall–Kier alpha value is -1.72. The summed E-state index contributed by atoms with van der Waals surface area (Å²) in [5.74, 6) is 0. The summed E-state index contributed by atoms with van der Waals surface area (Å²) in [6.07, 6.45) is 4.22. The van der Waals surface area contributed by atoms with Gasteiger partial charge in [-0.25, -0.2) is 4.98 Å². The molecule has 0 aromatic carbocycles. The Labute approximate surface area is 117 Å². The maximum atomic E-state index is 5.05. The number of nitrogens with zero attached hydrogens (tertiary/aromatic N) is 2. The molecule has 0 aliphatic carbocycles. The van der Waals surface area contributed by atoms with Crippen LogP contribution in [0.3, 0.4) is 0 Å². The first kappa shape index (κ1) is 13.7. The molecule has 2 heterocycles. The number of pyridine rings is 1. The van der Waals surface area contributed by atoms with Crippen molar-refractivity contribution < 1.29 is 4.74 Å². The Morgan fingerprint density at radius 1 is 1.42 bits per heavy atom. The molecule has 2 rings (SSSR count). The molecular formula is C14H17N3OS. The van der Waals surface area contributed by atoms with Crippen molar-refractivity contribution in [1.29, 1.82) is 0 Å². The van der Waals surface area contributed by atoms with Gasteiger partial charge in [0.2, 0.25) is 0 Å². The van der Waals surface area contributed by atoms with Gasteiger partial charge in [0.25, 0.3) is 0 Å². The van der Waals surface area contributed by atoms with Crippen LogP contribution in [0.25, 0.3) is 10.7 Å². The summed E-state index contributed by atoms with van der Waals surface area (Å²) in [5.41, 5.74) is 1.98. The van der Waals surface area contributed by atoms with Crippen LogP contribution >= 0.6 is 11.3 Å². The number of hydrogen-bond acceptors (Lipinski definition) is 5. The number of aromatic nitrogens is 2. The zero-order valence-corrected chi connectivity index (χ0v) is 11.5. The van der Waals surface area contributed by atoms with Gasteiger partial charge in [-0.15, -0.1) is 11.3 Å². The van der Waals surface area contributed by atoms with E-state index in [0.717, 1.165) is 35.9 Å². The van der Waals surface area contributed by atoms with Gasteiger partial charge in [0, 0.05) is 18.1 Å². The minimum atomic E-state index is 0.701. The molecule has 0 atom stereocenters. The normalized spacial score (nSPS) is 10.3. The third-order valence-electron chi connectivity index (χ3n) is 2.48. The van der Waals surface area contributed by atoms with Crippen molar-refractivity contribution in [2.45, 2.75) is 13.0 Å². The van der Waals surface area contributed by atoms with Crippen molar-refractivity contribution in [1.82, 2.24) is 15.3 Å². The molecule has 1 N–H and O–H groups in total. The molecule has 0 aliphatic heterocycles. The fourth-order valence-electron chi connectivity index (χ4n) is 1.58. The molecule has 4 nitrogen and oxygen atoms in total. The quantitative estimate of drug-likeness (QED) is 0.594. The summed E-state index contributed by atoms with van der Waals surface area (Å²) in [6.45, 7) is 5.88. The van der Waals surface area contributed by atoms with Gasteiger partial charge in [0.05, 0.1) is 24.3 Å². The van der Waals surface area contributed by atoms with E-state index in [-0.39, 0.29) is 0 Å². The zero-order valence-electron chi connectivity index (χ0n) is 10.7. The van der Waals surface area contributed by atoms with Gasteiger partial charge < -0.3 is 10.1 Å². The highest BCUT2D eigenvalue weighted by molar-refractivity contribution is 7.13. The molecule has 5 heteroatoms. The lowest BCUT2D eigenvalue weighted by Crippen LogP contribution is -2.16.